The van der Waals surface area contributed by atoms with Gasteiger partial charge in [-0.15, -0.1) is 0 Å². The quantitative estimate of drug-likeness (QED) is 0.913. The zero-order valence-electron chi connectivity index (χ0n) is 10.8. The van der Waals surface area contributed by atoms with E-state index in [4.69, 9.17) is 20.9 Å². The predicted molar refractivity (Wildman–Crippen MR) is 70.1 cm³/mol. The second-order valence-electron chi connectivity index (χ2n) is 4.10. The first kappa shape index (κ1) is 13.8. The van der Waals surface area contributed by atoms with Gasteiger partial charge in [-0.2, -0.15) is 4.98 Å². The normalized spacial score (nSPS) is 12.4. The van der Waals surface area contributed by atoms with E-state index in [1.807, 2.05) is 6.92 Å². The van der Waals surface area contributed by atoms with Crippen LogP contribution in [0.5, 0.6) is 5.75 Å². The van der Waals surface area contributed by atoms with Crippen molar-refractivity contribution in [3.05, 3.63) is 40.5 Å². The van der Waals surface area contributed by atoms with E-state index in [1.54, 1.807) is 25.1 Å². The Balaban J connectivity index is 2.10. The molecule has 1 aromatic heterocycles. The van der Waals surface area contributed by atoms with Crippen LogP contribution >= 0.6 is 11.6 Å². The van der Waals surface area contributed by atoms with Gasteiger partial charge in [0.25, 0.3) is 5.89 Å². The Labute approximate surface area is 116 Å². The fraction of sp³-hybridized carbons (Fsp3) is 0.385. The largest absolute Gasteiger partial charge is 0.483 e. The molecule has 6 heteroatoms. The summed E-state index contributed by atoms with van der Waals surface area (Å²) in [5, 5.41) is 14.0. The van der Waals surface area contributed by atoms with Crippen LogP contribution in [0, 0.1) is 0 Å². The summed E-state index contributed by atoms with van der Waals surface area (Å²) in [7, 11) is 0. The average Bonchev–Trinajstić information content (AvgIpc) is 2.85. The molecule has 1 N–H and O–H groups in total. The van der Waals surface area contributed by atoms with Crippen molar-refractivity contribution < 1.29 is 14.4 Å². The molecular weight excluding hydrogens is 268 g/mol. The Morgan fingerprint density at radius 1 is 1.47 bits per heavy atom. The van der Waals surface area contributed by atoms with Gasteiger partial charge in [0.2, 0.25) is 0 Å². The van der Waals surface area contributed by atoms with Gasteiger partial charge in [-0.1, -0.05) is 23.7 Å². The summed E-state index contributed by atoms with van der Waals surface area (Å²) in [6, 6.07) is 5.09. The topological polar surface area (TPSA) is 68.4 Å². The van der Waals surface area contributed by atoms with E-state index in [-0.39, 0.29) is 6.61 Å². The summed E-state index contributed by atoms with van der Waals surface area (Å²) in [6.45, 7) is 3.76. The Morgan fingerprint density at radius 2 is 2.26 bits per heavy atom. The minimum atomic E-state index is -0.664. The number of aliphatic hydroxyl groups excluding tert-OH is 1. The number of aliphatic hydroxyl groups is 1. The lowest BCUT2D eigenvalue weighted by atomic mass is 10.1. The number of ether oxygens (including phenoxy) is 1. The molecular formula is C13H15ClN2O3. The highest BCUT2D eigenvalue weighted by Gasteiger charge is 2.12. The lowest BCUT2D eigenvalue weighted by molar-refractivity contribution is 0.185. The van der Waals surface area contributed by atoms with E-state index < -0.39 is 6.10 Å². The number of rotatable bonds is 5. The van der Waals surface area contributed by atoms with E-state index in [2.05, 4.69) is 10.1 Å². The molecule has 19 heavy (non-hydrogen) atoms. The minimum Gasteiger partial charge on any atom is -0.483 e. The maximum absolute atomic E-state index is 9.68. The van der Waals surface area contributed by atoms with Crippen molar-refractivity contribution in [2.45, 2.75) is 33.0 Å². The van der Waals surface area contributed by atoms with Crippen LogP contribution in [-0.2, 0) is 13.0 Å². The van der Waals surface area contributed by atoms with Gasteiger partial charge in [0.1, 0.15) is 5.75 Å². The van der Waals surface area contributed by atoms with Crippen molar-refractivity contribution in [3.8, 4) is 5.75 Å². The van der Waals surface area contributed by atoms with Gasteiger partial charge < -0.3 is 14.4 Å². The molecule has 0 amide bonds. The Hall–Kier alpha value is -1.59. The number of hydrogen-bond acceptors (Lipinski definition) is 5. The highest BCUT2D eigenvalue weighted by atomic mass is 35.5. The molecule has 2 rings (SSSR count). The molecule has 0 saturated carbocycles. The molecule has 0 unspecified atom stereocenters. The van der Waals surface area contributed by atoms with Crippen molar-refractivity contribution in [2.24, 2.45) is 0 Å². The molecule has 0 radical (unpaired) electrons. The first-order valence-corrected chi connectivity index (χ1v) is 6.39. The van der Waals surface area contributed by atoms with Crippen LogP contribution in [0.3, 0.4) is 0 Å². The van der Waals surface area contributed by atoms with Crippen molar-refractivity contribution in [3.63, 3.8) is 0 Å². The summed E-state index contributed by atoms with van der Waals surface area (Å²) < 4.78 is 10.6. The minimum absolute atomic E-state index is 0.161. The summed E-state index contributed by atoms with van der Waals surface area (Å²) >= 11 is 5.89. The number of nitrogens with zero attached hydrogens (tertiary/aromatic N) is 2. The molecule has 5 nitrogen and oxygen atoms in total. The highest BCUT2D eigenvalue weighted by molar-refractivity contribution is 6.30. The van der Waals surface area contributed by atoms with Gasteiger partial charge in [0, 0.05) is 17.0 Å². The Bertz CT molecular complexity index is 555. The summed E-state index contributed by atoms with van der Waals surface area (Å²) in [5.74, 6) is 1.60. The van der Waals surface area contributed by atoms with Crippen LogP contribution in [0.15, 0.2) is 22.7 Å². The average molecular weight is 283 g/mol. The van der Waals surface area contributed by atoms with Crippen LogP contribution < -0.4 is 4.74 Å². The van der Waals surface area contributed by atoms with E-state index >= 15 is 0 Å². The van der Waals surface area contributed by atoms with E-state index in [0.29, 0.717) is 34.5 Å². The monoisotopic (exact) mass is 282 g/mol. The van der Waals surface area contributed by atoms with Gasteiger partial charge in [0.05, 0.1) is 6.10 Å². The van der Waals surface area contributed by atoms with Crippen LogP contribution in [0.25, 0.3) is 0 Å². The smallest absolute Gasteiger partial charge is 0.264 e. The molecule has 1 aromatic carbocycles. The fourth-order valence-electron chi connectivity index (χ4n) is 1.61. The molecule has 0 aliphatic heterocycles. The summed E-state index contributed by atoms with van der Waals surface area (Å²) in [5.41, 5.74) is 0.628. The second kappa shape index (κ2) is 6.04. The number of aryl methyl sites for hydroxylation is 1. The third kappa shape index (κ3) is 3.45. The van der Waals surface area contributed by atoms with Crippen molar-refractivity contribution in [1.82, 2.24) is 10.1 Å². The third-order valence-corrected chi connectivity index (χ3v) is 2.83. The van der Waals surface area contributed by atoms with Crippen LogP contribution in [-0.4, -0.2) is 15.2 Å². The first-order chi connectivity index (χ1) is 9.10. The van der Waals surface area contributed by atoms with Crippen LogP contribution in [0.2, 0.25) is 5.02 Å². The zero-order valence-corrected chi connectivity index (χ0v) is 11.5. The molecule has 2 aromatic rings. The standard InChI is InChI=1S/C13H15ClN2O3/c1-3-12-15-13(19-16-12)7-18-11-5-4-9(14)6-10(11)8(2)17/h4-6,8,17H,3,7H2,1-2H3/t8-/m1/s1. The lowest BCUT2D eigenvalue weighted by Gasteiger charge is -2.12. The van der Waals surface area contributed by atoms with Crippen LogP contribution in [0.4, 0.5) is 0 Å². The first-order valence-electron chi connectivity index (χ1n) is 6.02. The molecule has 102 valence electrons. The van der Waals surface area contributed by atoms with Gasteiger partial charge in [-0.05, 0) is 25.1 Å². The maximum atomic E-state index is 9.68. The van der Waals surface area contributed by atoms with E-state index in [1.165, 1.54) is 0 Å². The Morgan fingerprint density at radius 3 is 2.89 bits per heavy atom. The number of aromatic nitrogens is 2. The van der Waals surface area contributed by atoms with Crippen molar-refractivity contribution in [2.75, 3.05) is 0 Å². The molecule has 0 bridgehead atoms. The van der Waals surface area contributed by atoms with Gasteiger partial charge >= 0.3 is 0 Å². The molecule has 0 aliphatic rings. The fourth-order valence-corrected chi connectivity index (χ4v) is 1.79. The van der Waals surface area contributed by atoms with Crippen molar-refractivity contribution >= 4 is 11.6 Å². The lowest BCUT2D eigenvalue weighted by Crippen LogP contribution is -2.01. The van der Waals surface area contributed by atoms with Crippen molar-refractivity contribution in [1.29, 1.82) is 0 Å². The summed E-state index contributed by atoms with van der Waals surface area (Å²) in [6.07, 6.45) is 0.0474. The van der Waals surface area contributed by atoms with Gasteiger partial charge in [-0.25, -0.2) is 0 Å². The van der Waals surface area contributed by atoms with E-state index in [0.717, 1.165) is 0 Å². The molecule has 0 spiro atoms. The molecule has 0 saturated heterocycles. The van der Waals surface area contributed by atoms with Gasteiger partial charge in [0.15, 0.2) is 12.4 Å². The van der Waals surface area contributed by atoms with Crippen LogP contribution in [0.1, 0.15) is 37.2 Å². The highest BCUT2D eigenvalue weighted by Crippen LogP contribution is 2.28. The summed E-state index contributed by atoms with van der Waals surface area (Å²) in [4.78, 5) is 4.14. The second-order valence-corrected chi connectivity index (χ2v) is 4.54. The number of hydrogen-bond donors (Lipinski definition) is 1. The molecule has 1 heterocycles. The zero-order chi connectivity index (χ0) is 13.8. The third-order valence-electron chi connectivity index (χ3n) is 2.60. The van der Waals surface area contributed by atoms with E-state index in [9.17, 15) is 5.11 Å². The SMILES string of the molecule is CCc1noc(COc2ccc(Cl)cc2[C@@H](C)O)n1. The number of benzene rings is 1. The molecule has 0 fully saturated rings. The Kier molecular flexibility index (Phi) is 4.39. The molecule has 1 atom stereocenters. The number of halogens is 1. The molecule has 0 aliphatic carbocycles. The maximum Gasteiger partial charge on any atom is 0.264 e. The predicted octanol–water partition coefficient (Wildman–Crippen LogP) is 2.92. The van der Waals surface area contributed by atoms with Gasteiger partial charge in [-0.3, -0.25) is 0 Å².